The molecule has 0 saturated carbocycles. The van der Waals surface area contributed by atoms with Crippen LogP contribution in [0.3, 0.4) is 0 Å². The summed E-state index contributed by atoms with van der Waals surface area (Å²) in [5.74, 6) is -0.852. The Hall–Kier alpha value is -1.56. The molecule has 13 heteroatoms. The van der Waals surface area contributed by atoms with E-state index in [9.17, 15) is 23.7 Å². The number of benzene rings is 1. The maximum absolute atomic E-state index is 11.6. The van der Waals surface area contributed by atoms with Crippen molar-refractivity contribution in [2.75, 3.05) is 0 Å². The smallest absolute Gasteiger partial charge is 0.483 e. The Morgan fingerprint density at radius 2 is 1.94 bits per heavy atom. The quantitative estimate of drug-likeness (QED) is 0.134. The van der Waals surface area contributed by atoms with E-state index < -0.39 is 28.9 Å². The molecule has 1 aromatic heterocycles. The first kappa shape index (κ1) is 31.6. The summed E-state index contributed by atoms with van der Waals surface area (Å²) in [6.07, 6.45) is 0. The van der Waals surface area contributed by atoms with Gasteiger partial charge < -0.3 is 20.2 Å². The van der Waals surface area contributed by atoms with E-state index in [1.807, 2.05) is 0 Å². The maximum Gasteiger partial charge on any atom is 3.00 e. The number of esters is 1. The minimum atomic E-state index is -2.79. The van der Waals surface area contributed by atoms with Crippen LogP contribution in [0.25, 0.3) is 5.73 Å². The van der Waals surface area contributed by atoms with Gasteiger partial charge in [0.15, 0.2) is 5.97 Å². The summed E-state index contributed by atoms with van der Waals surface area (Å²) in [5.41, 5.74) is 6.28. The number of pyridine rings is 1. The first-order valence-corrected chi connectivity index (χ1v) is 9.08. The van der Waals surface area contributed by atoms with E-state index in [4.69, 9.17) is 17.3 Å². The molecule has 0 aliphatic carbocycles. The van der Waals surface area contributed by atoms with Crippen molar-refractivity contribution in [2.24, 2.45) is 0 Å². The van der Waals surface area contributed by atoms with Gasteiger partial charge in [-0.05, 0) is 26.8 Å². The maximum atomic E-state index is 11.6. The monoisotopic (exact) mass is 597 g/mol. The van der Waals surface area contributed by atoms with Crippen molar-refractivity contribution in [1.82, 2.24) is 4.98 Å². The minimum absolute atomic E-state index is 0. The summed E-state index contributed by atoms with van der Waals surface area (Å²) in [7, 11) is 0. The van der Waals surface area contributed by atoms with Gasteiger partial charge in [0.05, 0.1) is 4.92 Å². The van der Waals surface area contributed by atoms with Gasteiger partial charge in [-0.3, -0.25) is 21.8 Å². The third-order valence-corrected chi connectivity index (χ3v) is 3.08. The van der Waals surface area contributed by atoms with E-state index >= 15 is 0 Å². The Bertz CT molecular complexity index is 857. The molecule has 0 amide bonds. The molecule has 1 N–H and O–H groups in total. The van der Waals surface area contributed by atoms with Gasteiger partial charge in [-0.15, -0.1) is 12.1 Å². The Labute approximate surface area is 217 Å². The van der Waals surface area contributed by atoms with Gasteiger partial charge in [0, 0.05) is 22.8 Å². The SMILES string of the molecule is FC(F)Oc1[c-]c(Br)ccc1.[CH2-]C(=O)OC(C)(C)C.[NH-]c1nc(Cl)ccc1[N+](=O)[O-].[Y+3]. The van der Waals surface area contributed by atoms with Crippen molar-refractivity contribution >= 4 is 45.0 Å². The van der Waals surface area contributed by atoms with Crippen LogP contribution in [0, 0.1) is 23.1 Å². The average molecular weight is 599 g/mol. The van der Waals surface area contributed by atoms with Gasteiger partial charge in [-0.1, -0.05) is 32.0 Å². The van der Waals surface area contributed by atoms with Crippen molar-refractivity contribution in [2.45, 2.75) is 33.0 Å². The zero-order chi connectivity index (χ0) is 23.5. The number of nitrogens with one attached hydrogen (secondary N) is 1. The first-order valence-electron chi connectivity index (χ1n) is 7.91. The Kier molecular flexibility index (Phi) is 15.6. The summed E-state index contributed by atoms with van der Waals surface area (Å²) in [4.78, 5) is 23.0. The fraction of sp³-hybridized carbons (Fsp3) is 0.278. The van der Waals surface area contributed by atoms with Gasteiger partial charge in [0.25, 0.3) is 5.69 Å². The van der Waals surface area contributed by atoms with E-state index in [0.717, 1.165) is 6.07 Å². The molecule has 31 heavy (non-hydrogen) atoms. The molecule has 1 aromatic carbocycles. The van der Waals surface area contributed by atoms with E-state index in [-0.39, 0.29) is 49.3 Å². The van der Waals surface area contributed by atoms with E-state index in [1.54, 1.807) is 32.9 Å². The molecule has 0 atom stereocenters. The first-order chi connectivity index (χ1) is 13.7. The molecule has 2 rings (SSSR count). The van der Waals surface area contributed by atoms with Gasteiger partial charge in [0.2, 0.25) is 0 Å². The number of nitrogens with zero attached hydrogens (tertiary/aromatic N) is 2. The Balaban J connectivity index is 0. The number of rotatable bonds is 3. The number of alkyl halides is 2. The number of carbonyl (C=O) groups is 1. The van der Waals surface area contributed by atoms with Crippen LogP contribution in [0.15, 0.2) is 34.8 Å². The summed E-state index contributed by atoms with van der Waals surface area (Å²) in [6.45, 7) is 5.68. The molecule has 0 bridgehead atoms. The van der Waals surface area contributed by atoms with Crippen LogP contribution in [0.4, 0.5) is 20.3 Å². The zero-order valence-electron chi connectivity index (χ0n) is 16.7. The molecule has 0 aliphatic heterocycles. The van der Waals surface area contributed by atoms with Crippen LogP contribution in [-0.4, -0.2) is 28.1 Å². The number of ether oxygens (including phenoxy) is 2. The average Bonchev–Trinajstić information content (AvgIpc) is 2.52. The van der Waals surface area contributed by atoms with Gasteiger partial charge in [-0.2, -0.15) is 20.9 Å². The normalized spacial score (nSPS) is 9.81. The summed E-state index contributed by atoms with van der Waals surface area (Å²) in [6, 6.07) is 9.67. The second-order valence-corrected chi connectivity index (χ2v) is 7.33. The molecule has 0 radical (unpaired) electrons. The van der Waals surface area contributed by atoms with Crippen LogP contribution < -0.4 is 4.74 Å². The second kappa shape index (κ2) is 15.3. The number of aromatic nitrogens is 1. The van der Waals surface area contributed by atoms with E-state index in [1.165, 1.54) is 12.1 Å². The molecule has 2 aromatic rings. The second-order valence-electron chi connectivity index (χ2n) is 6.09. The largest absolute Gasteiger partial charge is 3.00 e. The van der Waals surface area contributed by atoms with E-state index in [0.29, 0.717) is 4.47 Å². The van der Waals surface area contributed by atoms with Crippen LogP contribution in [0.5, 0.6) is 5.75 Å². The molecule has 1 heterocycles. The minimum Gasteiger partial charge on any atom is -0.483 e. The molecule has 0 saturated heterocycles. The fourth-order valence-corrected chi connectivity index (χ4v) is 2.00. The van der Waals surface area contributed by atoms with Gasteiger partial charge >= 0.3 is 39.3 Å². The predicted octanol–water partition coefficient (Wildman–Crippen LogP) is 6.34. The zero-order valence-corrected chi connectivity index (χ0v) is 21.9. The van der Waals surface area contributed by atoms with Gasteiger partial charge in [0.1, 0.15) is 5.60 Å². The summed E-state index contributed by atoms with van der Waals surface area (Å²) in [5, 5.41) is 10.2. The molecule has 166 valence electrons. The van der Waals surface area contributed by atoms with Crippen LogP contribution in [-0.2, 0) is 42.2 Å². The predicted molar refractivity (Wildman–Crippen MR) is 111 cm³/mol. The van der Waals surface area contributed by atoms with Crippen molar-refractivity contribution in [3.05, 3.63) is 68.8 Å². The molecule has 0 spiro atoms. The molecular formula is C18H18BrClF2N3O5Y. The van der Waals surface area contributed by atoms with Crippen LogP contribution in [0.1, 0.15) is 20.8 Å². The fourth-order valence-electron chi connectivity index (χ4n) is 1.50. The Morgan fingerprint density at radius 3 is 2.29 bits per heavy atom. The molecule has 0 fully saturated rings. The number of nitro groups is 1. The third kappa shape index (κ3) is 16.8. The number of halogens is 4. The van der Waals surface area contributed by atoms with Crippen molar-refractivity contribution in [1.29, 1.82) is 0 Å². The molecule has 8 nitrogen and oxygen atoms in total. The molecule has 0 aliphatic rings. The van der Waals surface area contributed by atoms with Crippen LogP contribution in [0.2, 0.25) is 5.15 Å². The molecular weight excluding hydrogens is 580 g/mol. The summed E-state index contributed by atoms with van der Waals surface area (Å²) >= 11 is 8.44. The third-order valence-electron chi connectivity index (χ3n) is 2.41. The standard InChI is InChI=1S/C7H4BrF2O.C6H11O2.C5H3ClN3O2.Y/c8-5-2-1-3-6(4-5)11-7(9)10;1-5(7)8-6(2,3)4;6-4-2-1-3(9(10)11)5(7)8-4;/h1-3,7H;1H2,2-4H3;1-2H,(H-,7,8);/q3*-1;+3. The number of carbonyl (C=O) groups excluding carboxylic acids is 1. The van der Waals surface area contributed by atoms with Crippen molar-refractivity contribution in [3.8, 4) is 5.75 Å². The van der Waals surface area contributed by atoms with E-state index in [2.05, 4.69) is 43.4 Å². The molecule has 0 unspecified atom stereocenters. The van der Waals surface area contributed by atoms with Crippen LogP contribution >= 0.6 is 27.5 Å². The topological polar surface area (TPSA) is 115 Å². The summed E-state index contributed by atoms with van der Waals surface area (Å²) < 4.78 is 32.5. The van der Waals surface area contributed by atoms with Crippen molar-refractivity contribution < 1.29 is 60.7 Å². The number of hydrogen-bond donors (Lipinski definition) is 0. The number of hydrogen-bond acceptors (Lipinski definition) is 6. The van der Waals surface area contributed by atoms with Gasteiger partial charge in [-0.25, -0.2) is 0 Å². The Morgan fingerprint density at radius 1 is 1.35 bits per heavy atom. The van der Waals surface area contributed by atoms with Crippen molar-refractivity contribution in [3.63, 3.8) is 0 Å².